The molecule has 5 rings (SSSR count). The minimum Gasteiger partial charge on any atom is -0.476 e. The third kappa shape index (κ3) is 4.89. The van der Waals surface area contributed by atoms with E-state index >= 15 is 0 Å². The van der Waals surface area contributed by atoms with Crippen LogP contribution in [0.1, 0.15) is 6.92 Å². The van der Waals surface area contributed by atoms with Crippen molar-refractivity contribution in [3.63, 3.8) is 0 Å². The zero-order valence-corrected chi connectivity index (χ0v) is 20.0. The molecule has 1 N–H and O–H groups in total. The molecule has 2 aromatic heterocycles. The Labute approximate surface area is 203 Å². The number of hydrogen-bond acceptors (Lipinski definition) is 8. The van der Waals surface area contributed by atoms with Gasteiger partial charge in [-0.1, -0.05) is 24.3 Å². The van der Waals surface area contributed by atoms with Crippen LogP contribution in [0, 0.1) is 0 Å². The molecule has 0 atom stereocenters. The monoisotopic (exact) mass is 491 g/mol. The van der Waals surface area contributed by atoms with Crippen LogP contribution in [0.15, 0.2) is 72.0 Å². The first kappa shape index (κ1) is 23.0. The van der Waals surface area contributed by atoms with Gasteiger partial charge in [-0.15, -0.1) is 0 Å². The standard InChI is InChI=1S/C25H25N5O4S/c1-2-34-25-23(29-35(31,32)20-6-4-3-5-7-20)15-19(16-26-25)18-8-9-22-21(14-18)24(28-17-27-22)30-10-12-33-13-11-30/h3-9,14-17,29H,2,10-13H2,1H3. The quantitative estimate of drug-likeness (QED) is 0.417. The summed E-state index contributed by atoms with van der Waals surface area (Å²) in [6.45, 7) is 4.99. The summed E-state index contributed by atoms with van der Waals surface area (Å²) < 4.78 is 39.7. The number of rotatable bonds is 7. The number of hydrogen-bond donors (Lipinski definition) is 1. The van der Waals surface area contributed by atoms with Gasteiger partial charge in [0.25, 0.3) is 10.0 Å². The van der Waals surface area contributed by atoms with Crippen LogP contribution in [-0.4, -0.2) is 56.3 Å². The minimum atomic E-state index is -3.82. The van der Waals surface area contributed by atoms with Crippen molar-refractivity contribution in [3.05, 3.63) is 67.1 Å². The van der Waals surface area contributed by atoms with E-state index in [4.69, 9.17) is 9.47 Å². The number of aromatic nitrogens is 3. The molecule has 0 spiro atoms. The van der Waals surface area contributed by atoms with Gasteiger partial charge >= 0.3 is 0 Å². The van der Waals surface area contributed by atoms with Gasteiger partial charge in [-0.3, -0.25) is 4.72 Å². The Morgan fingerprint density at radius 1 is 1.00 bits per heavy atom. The number of morpholine rings is 1. The number of fused-ring (bicyclic) bond motifs is 1. The van der Waals surface area contributed by atoms with E-state index < -0.39 is 10.0 Å². The second kappa shape index (κ2) is 9.85. The van der Waals surface area contributed by atoms with Gasteiger partial charge in [-0.25, -0.2) is 23.4 Å². The van der Waals surface area contributed by atoms with Gasteiger partial charge in [0.15, 0.2) is 0 Å². The third-order valence-corrected chi connectivity index (χ3v) is 7.07. The van der Waals surface area contributed by atoms with Gasteiger partial charge in [-0.2, -0.15) is 0 Å². The van der Waals surface area contributed by atoms with Crippen LogP contribution in [0.25, 0.3) is 22.0 Å². The smallest absolute Gasteiger partial charge is 0.262 e. The van der Waals surface area contributed by atoms with Crippen LogP contribution in [0.2, 0.25) is 0 Å². The number of ether oxygens (including phenoxy) is 2. The van der Waals surface area contributed by atoms with Crippen molar-refractivity contribution in [3.8, 4) is 17.0 Å². The van der Waals surface area contributed by atoms with Crippen LogP contribution in [-0.2, 0) is 14.8 Å². The molecule has 0 aliphatic carbocycles. The molecule has 0 radical (unpaired) electrons. The lowest BCUT2D eigenvalue weighted by atomic mass is 10.0. The normalized spacial score (nSPS) is 14.1. The number of benzene rings is 2. The summed E-state index contributed by atoms with van der Waals surface area (Å²) in [5.74, 6) is 1.07. The fraction of sp³-hybridized carbons (Fsp3) is 0.240. The average molecular weight is 492 g/mol. The Kier molecular flexibility index (Phi) is 6.47. The zero-order chi connectivity index (χ0) is 24.3. The predicted molar refractivity (Wildman–Crippen MR) is 134 cm³/mol. The lowest BCUT2D eigenvalue weighted by Gasteiger charge is -2.28. The summed E-state index contributed by atoms with van der Waals surface area (Å²) in [4.78, 5) is 15.7. The highest BCUT2D eigenvalue weighted by atomic mass is 32.2. The van der Waals surface area contributed by atoms with E-state index in [-0.39, 0.29) is 16.5 Å². The predicted octanol–water partition coefficient (Wildman–Crippen LogP) is 3.73. The molecule has 0 bridgehead atoms. The molecule has 0 unspecified atom stereocenters. The first-order valence-electron chi connectivity index (χ1n) is 11.3. The number of nitrogens with one attached hydrogen (secondary N) is 1. The van der Waals surface area contributed by atoms with Crippen molar-refractivity contribution in [1.82, 2.24) is 15.0 Å². The summed E-state index contributed by atoms with van der Waals surface area (Å²) in [6.07, 6.45) is 3.24. The van der Waals surface area contributed by atoms with Crippen molar-refractivity contribution < 1.29 is 17.9 Å². The molecule has 3 heterocycles. The molecule has 180 valence electrons. The molecular formula is C25H25N5O4S. The molecule has 35 heavy (non-hydrogen) atoms. The Hall–Kier alpha value is -3.76. The summed E-state index contributed by atoms with van der Waals surface area (Å²) in [5.41, 5.74) is 2.69. The van der Waals surface area contributed by atoms with E-state index in [9.17, 15) is 8.42 Å². The Balaban J connectivity index is 1.55. The van der Waals surface area contributed by atoms with Gasteiger partial charge in [0.05, 0.1) is 30.2 Å². The van der Waals surface area contributed by atoms with Gasteiger partial charge in [0.2, 0.25) is 5.88 Å². The van der Waals surface area contributed by atoms with Crippen LogP contribution < -0.4 is 14.4 Å². The molecule has 1 saturated heterocycles. The maximum Gasteiger partial charge on any atom is 0.262 e. The maximum absolute atomic E-state index is 13.0. The number of nitrogens with zero attached hydrogens (tertiary/aromatic N) is 4. The van der Waals surface area contributed by atoms with E-state index in [0.717, 1.165) is 40.9 Å². The molecule has 2 aromatic carbocycles. The molecule has 4 aromatic rings. The highest BCUT2D eigenvalue weighted by Crippen LogP contribution is 2.33. The summed E-state index contributed by atoms with van der Waals surface area (Å²) in [5, 5.41) is 0.909. The minimum absolute atomic E-state index is 0.158. The van der Waals surface area contributed by atoms with E-state index in [1.54, 1.807) is 36.8 Å². The topological polar surface area (TPSA) is 107 Å². The van der Waals surface area contributed by atoms with Crippen LogP contribution in [0.4, 0.5) is 11.5 Å². The summed E-state index contributed by atoms with van der Waals surface area (Å²) >= 11 is 0. The van der Waals surface area contributed by atoms with Crippen LogP contribution >= 0.6 is 0 Å². The van der Waals surface area contributed by atoms with Gasteiger partial charge in [-0.05, 0) is 42.8 Å². The number of pyridine rings is 1. The summed E-state index contributed by atoms with van der Waals surface area (Å²) in [6, 6.07) is 15.8. The third-order valence-electron chi connectivity index (χ3n) is 5.69. The van der Waals surface area contributed by atoms with Crippen LogP contribution in [0.5, 0.6) is 5.88 Å². The molecule has 1 fully saturated rings. The lowest BCUT2D eigenvalue weighted by molar-refractivity contribution is 0.122. The first-order valence-corrected chi connectivity index (χ1v) is 12.8. The molecule has 9 nitrogen and oxygen atoms in total. The van der Waals surface area contributed by atoms with E-state index in [0.29, 0.717) is 19.8 Å². The Morgan fingerprint density at radius 3 is 2.57 bits per heavy atom. The summed E-state index contributed by atoms with van der Waals surface area (Å²) in [7, 11) is -3.82. The van der Waals surface area contributed by atoms with Crippen molar-refractivity contribution >= 4 is 32.4 Å². The van der Waals surface area contributed by atoms with E-state index in [1.807, 2.05) is 25.1 Å². The largest absolute Gasteiger partial charge is 0.476 e. The van der Waals surface area contributed by atoms with Gasteiger partial charge in [0.1, 0.15) is 17.8 Å². The number of anilines is 2. The van der Waals surface area contributed by atoms with E-state index in [2.05, 4.69) is 24.6 Å². The number of sulfonamides is 1. The Bertz CT molecular complexity index is 1440. The fourth-order valence-electron chi connectivity index (χ4n) is 3.99. The lowest BCUT2D eigenvalue weighted by Crippen LogP contribution is -2.36. The molecule has 0 saturated carbocycles. The van der Waals surface area contributed by atoms with Crippen molar-refractivity contribution in [2.24, 2.45) is 0 Å². The average Bonchev–Trinajstić information content (AvgIpc) is 2.90. The van der Waals surface area contributed by atoms with Gasteiger partial charge < -0.3 is 14.4 Å². The molecule has 1 aliphatic heterocycles. The second-order valence-electron chi connectivity index (χ2n) is 7.96. The molecule has 0 amide bonds. The first-order chi connectivity index (χ1) is 17.0. The molecule has 10 heteroatoms. The molecule has 1 aliphatic rings. The van der Waals surface area contributed by atoms with Crippen molar-refractivity contribution in [2.45, 2.75) is 11.8 Å². The molecular weight excluding hydrogens is 466 g/mol. The van der Waals surface area contributed by atoms with Crippen molar-refractivity contribution in [2.75, 3.05) is 42.5 Å². The van der Waals surface area contributed by atoms with Crippen molar-refractivity contribution in [1.29, 1.82) is 0 Å². The van der Waals surface area contributed by atoms with Crippen LogP contribution in [0.3, 0.4) is 0 Å². The highest BCUT2D eigenvalue weighted by molar-refractivity contribution is 7.92. The van der Waals surface area contributed by atoms with E-state index in [1.165, 1.54) is 12.1 Å². The second-order valence-corrected chi connectivity index (χ2v) is 9.64. The Morgan fingerprint density at radius 2 is 1.80 bits per heavy atom. The van der Waals surface area contributed by atoms with Gasteiger partial charge in [0, 0.05) is 30.2 Å². The fourth-order valence-corrected chi connectivity index (χ4v) is 5.06. The zero-order valence-electron chi connectivity index (χ0n) is 19.2. The maximum atomic E-state index is 13.0. The highest BCUT2D eigenvalue weighted by Gasteiger charge is 2.19. The SMILES string of the molecule is CCOc1ncc(-c2ccc3ncnc(N4CCOCC4)c3c2)cc1NS(=O)(=O)c1ccccc1.